The van der Waals surface area contributed by atoms with Crippen LogP contribution in [-0.2, 0) is 0 Å². The number of benzene rings is 1. The Labute approximate surface area is 88.9 Å². The van der Waals surface area contributed by atoms with Crippen molar-refractivity contribution in [3.8, 4) is 12.0 Å². The van der Waals surface area contributed by atoms with E-state index in [0.717, 1.165) is 5.56 Å². The Kier molecular flexibility index (Phi) is 4.10. The molecule has 0 unspecified atom stereocenters. The van der Waals surface area contributed by atoms with Crippen LogP contribution < -0.4 is 10.5 Å². The number of nitrogens with two attached hydrogens (primary N) is 1. The third-order valence-corrected chi connectivity index (χ3v) is 2.42. The first-order valence-electron chi connectivity index (χ1n) is 4.71. The minimum atomic E-state index is -0.271. The summed E-state index contributed by atoms with van der Waals surface area (Å²) in [6.07, 6.45) is 1.60. The molecule has 0 aliphatic heterocycles. The molecule has 0 bridgehead atoms. The number of hydrogen-bond donors (Lipinski definition) is 2. The number of ether oxygens (including phenoxy) is 1. The van der Waals surface area contributed by atoms with Crippen molar-refractivity contribution in [2.75, 3.05) is 6.61 Å². The lowest BCUT2D eigenvalue weighted by Gasteiger charge is -2.17. The standard InChI is InChI=1S/C11H14N2O2/c1-8(11(13)6-14)9-2-4-10(5-3-9)15-7-12/h2-5,8,11,14H,6,13H2,1H3/t8-,11-/m1/s1. The van der Waals surface area contributed by atoms with Crippen molar-refractivity contribution in [2.24, 2.45) is 5.73 Å². The van der Waals surface area contributed by atoms with Crippen molar-refractivity contribution in [1.29, 1.82) is 5.26 Å². The van der Waals surface area contributed by atoms with Crippen LogP contribution in [0.5, 0.6) is 5.75 Å². The molecule has 0 saturated heterocycles. The Morgan fingerprint density at radius 3 is 2.53 bits per heavy atom. The molecule has 80 valence electrons. The number of nitrogens with zero attached hydrogens (tertiary/aromatic N) is 1. The molecule has 15 heavy (non-hydrogen) atoms. The number of hydrogen-bond acceptors (Lipinski definition) is 4. The van der Waals surface area contributed by atoms with Gasteiger partial charge in [-0.1, -0.05) is 19.1 Å². The van der Waals surface area contributed by atoms with E-state index in [1.807, 2.05) is 19.1 Å². The molecular weight excluding hydrogens is 192 g/mol. The molecule has 2 atom stereocenters. The lowest BCUT2D eigenvalue weighted by atomic mass is 9.94. The summed E-state index contributed by atoms with van der Waals surface area (Å²) in [4.78, 5) is 0. The van der Waals surface area contributed by atoms with Gasteiger partial charge >= 0.3 is 0 Å². The lowest BCUT2D eigenvalue weighted by Crippen LogP contribution is -2.30. The van der Waals surface area contributed by atoms with E-state index >= 15 is 0 Å². The Morgan fingerprint density at radius 2 is 2.07 bits per heavy atom. The molecule has 4 heteroatoms. The molecule has 3 N–H and O–H groups in total. The van der Waals surface area contributed by atoms with Gasteiger partial charge in [0.25, 0.3) is 6.26 Å². The average Bonchev–Trinajstić information content (AvgIpc) is 2.28. The first-order valence-corrected chi connectivity index (χ1v) is 4.71. The summed E-state index contributed by atoms with van der Waals surface area (Å²) >= 11 is 0. The van der Waals surface area contributed by atoms with Crippen LogP contribution in [0.15, 0.2) is 24.3 Å². The second-order valence-electron chi connectivity index (χ2n) is 3.40. The minimum Gasteiger partial charge on any atom is -0.395 e. The molecule has 0 saturated carbocycles. The fraction of sp³-hybridized carbons (Fsp3) is 0.364. The van der Waals surface area contributed by atoms with Crippen LogP contribution in [0.3, 0.4) is 0 Å². The average molecular weight is 206 g/mol. The summed E-state index contributed by atoms with van der Waals surface area (Å²) in [6, 6.07) is 6.82. The highest BCUT2D eigenvalue weighted by molar-refractivity contribution is 5.30. The van der Waals surface area contributed by atoms with Gasteiger partial charge in [0.05, 0.1) is 6.61 Å². The number of aliphatic hydroxyl groups is 1. The molecule has 4 nitrogen and oxygen atoms in total. The van der Waals surface area contributed by atoms with Gasteiger partial charge < -0.3 is 15.6 Å². The summed E-state index contributed by atoms with van der Waals surface area (Å²) in [7, 11) is 0. The van der Waals surface area contributed by atoms with Crippen LogP contribution in [0, 0.1) is 11.5 Å². The van der Waals surface area contributed by atoms with E-state index in [0.29, 0.717) is 5.75 Å². The largest absolute Gasteiger partial charge is 0.395 e. The molecule has 0 heterocycles. The maximum absolute atomic E-state index is 8.91. The molecule has 1 aromatic carbocycles. The molecular formula is C11H14N2O2. The van der Waals surface area contributed by atoms with Crippen LogP contribution in [0.25, 0.3) is 0 Å². The topological polar surface area (TPSA) is 79.3 Å². The van der Waals surface area contributed by atoms with E-state index in [9.17, 15) is 0 Å². The first kappa shape index (κ1) is 11.5. The Balaban J connectivity index is 2.76. The zero-order valence-corrected chi connectivity index (χ0v) is 8.55. The Hall–Kier alpha value is -1.57. The number of nitriles is 1. The van der Waals surface area contributed by atoms with Crippen molar-refractivity contribution >= 4 is 0 Å². The van der Waals surface area contributed by atoms with Crippen LogP contribution in [0.2, 0.25) is 0 Å². The summed E-state index contributed by atoms with van der Waals surface area (Å²) in [5.41, 5.74) is 6.73. The van der Waals surface area contributed by atoms with E-state index in [-0.39, 0.29) is 18.6 Å². The van der Waals surface area contributed by atoms with Crippen molar-refractivity contribution in [2.45, 2.75) is 18.9 Å². The van der Waals surface area contributed by atoms with E-state index in [2.05, 4.69) is 4.74 Å². The van der Waals surface area contributed by atoms with Gasteiger partial charge in [-0.2, -0.15) is 0 Å². The first-order chi connectivity index (χ1) is 7.19. The molecule has 0 fully saturated rings. The Bertz CT molecular complexity index is 343. The van der Waals surface area contributed by atoms with E-state index < -0.39 is 0 Å². The zero-order chi connectivity index (χ0) is 11.3. The van der Waals surface area contributed by atoms with Gasteiger partial charge in [-0.15, -0.1) is 5.26 Å². The smallest absolute Gasteiger partial charge is 0.292 e. The summed E-state index contributed by atoms with van der Waals surface area (Å²) in [6.45, 7) is 1.90. The molecule has 0 spiro atoms. The predicted octanol–water partition coefficient (Wildman–Crippen LogP) is 0.970. The summed E-state index contributed by atoms with van der Waals surface area (Å²) in [5, 5.41) is 17.2. The minimum absolute atomic E-state index is 0.0440. The molecule has 0 aliphatic carbocycles. The fourth-order valence-electron chi connectivity index (χ4n) is 1.30. The van der Waals surface area contributed by atoms with Gasteiger partial charge in [0.15, 0.2) is 0 Å². The maximum atomic E-state index is 8.91. The summed E-state index contributed by atoms with van der Waals surface area (Å²) in [5.74, 6) is 0.581. The van der Waals surface area contributed by atoms with Crippen LogP contribution in [0.1, 0.15) is 18.4 Å². The fourth-order valence-corrected chi connectivity index (χ4v) is 1.30. The molecule has 0 amide bonds. The van der Waals surface area contributed by atoms with Gasteiger partial charge in [0.1, 0.15) is 5.75 Å². The summed E-state index contributed by atoms with van der Waals surface area (Å²) < 4.78 is 4.65. The lowest BCUT2D eigenvalue weighted by molar-refractivity contribution is 0.252. The van der Waals surface area contributed by atoms with Crippen molar-refractivity contribution in [1.82, 2.24) is 0 Å². The SMILES string of the molecule is C[C@H](c1ccc(OC#N)cc1)[C@H](N)CO. The maximum Gasteiger partial charge on any atom is 0.292 e. The quantitative estimate of drug-likeness (QED) is 0.719. The van der Waals surface area contributed by atoms with Crippen LogP contribution in [-0.4, -0.2) is 17.8 Å². The van der Waals surface area contributed by atoms with E-state index in [1.54, 1.807) is 18.4 Å². The van der Waals surface area contributed by atoms with Crippen molar-refractivity contribution in [3.63, 3.8) is 0 Å². The molecule has 0 radical (unpaired) electrons. The van der Waals surface area contributed by atoms with Crippen LogP contribution in [0.4, 0.5) is 0 Å². The Morgan fingerprint density at radius 1 is 1.47 bits per heavy atom. The van der Waals surface area contributed by atoms with Crippen molar-refractivity contribution < 1.29 is 9.84 Å². The predicted molar refractivity (Wildman–Crippen MR) is 56.2 cm³/mol. The highest BCUT2D eigenvalue weighted by Gasteiger charge is 2.13. The van der Waals surface area contributed by atoms with Crippen molar-refractivity contribution in [3.05, 3.63) is 29.8 Å². The zero-order valence-electron chi connectivity index (χ0n) is 8.55. The normalized spacial score (nSPS) is 14.0. The molecule has 1 aromatic rings. The highest BCUT2D eigenvalue weighted by atomic mass is 16.5. The van der Waals surface area contributed by atoms with Crippen LogP contribution >= 0.6 is 0 Å². The number of rotatable bonds is 4. The van der Waals surface area contributed by atoms with Gasteiger partial charge in [-0.05, 0) is 23.6 Å². The third-order valence-electron chi connectivity index (χ3n) is 2.42. The monoisotopic (exact) mass is 206 g/mol. The molecule has 1 rings (SSSR count). The third kappa shape index (κ3) is 2.94. The van der Waals surface area contributed by atoms with E-state index in [4.69, 9.17) is 16.1 Å². The second kappa shape index (κ2) is 5.35. The molecule has 0 aliphatic rings. The van der Waals surface area contributed by atoms with Gasteiger partial charge in [0.2, 0.25) is 0 Å². The van der Waals surface area contributed by atoms with Gasteiger partial charge in [0, 0.05) is 6.04 Å². The number of aliphatic hydroxyl groups excluding tert-OH is 1. The molecule has 0 aromatic heterocycles. The highest BCUT2D eigenvalue weighted by Crippen LogP contribution is 2.20. The van der Waals surface area contributed by atoms with Gasteiger partial charge in [-0.25, -0.2) is 0 Å². The second-order valence-corrected chi connectivity index (χ2v) is 3.40. The van der Waals surface area contributed by atoms with E-state index in [1.165, 1.54) is 0 Å². The van der Waals surface area contributed by atoms with Gasteiger partial charge in [-0.3, -0.25) is 0 Å².